The van der Waals surface area contributed by atoms with Gasteiger partial charge < -0.3 is 4.74 Å². The average Bonchev–Trinajstić information content (AvgIpc) is 2.50. The van der Waals surface area contributed by atoms with Crippen molar-refractivity contribution in [3.8, 4) is 5.75 Å². The number of amides is 1. The molecule has 0 saturated carbocycles. The fraction of sp³-hybridized carbons (Fsp3) is 0.235. The highest BCUT2D eigenvalue weighted by Crippen LogP contribution is 2.20. The van der Waals surface area contributed by atoms with Crippen LogP contribution in [0.25, 0.3) is 0 Å². The molecule has 110 valence electrons. The first kappa shape index (κ1) is 15.1. The van der Waals surface area contributed by atoms with Crippen molar-refractivity contribution in [2.45, 2.75) is 20.5 Å². The molecule has 0 bridgehead atoms. The minimum Gasteiger partial charge on any atom is -0.483 e. The highest BCUT2D eigenvalue weighted by Gasteiger charge is 2.06. The zero-order valence-electron chi connectivity index (χ0n) is 12.3. The van der Waals surface area contributed by atoms with Crippen LogP contribution in [0.4, 0.5) is 0 Å². The van der Waals surface area contributed by atoms with Crippen molar-refractivity contribution in [3.05, 3.63) is 65.2 Å². The van der Waals surface area contributed by atoms with E-state index in [1.54, 1.807) is 0 Å². The second-order valence-corrected chi connectivity index (χ2v) is 4.79. The van der Waals surface area contributed by atoms with Gasteiger partial charge in [0.25, 0.3) is 5.91 Å². The first-order valence-electron chi connectivity index (χ1n) is 6.80. The quantitative estimate of drug-likeness (QED) is 0.830. The molecule has 2 aromatic rings. The molecule has 0 spiro atoms. The molecule has 1 N–H and O–H groups in total. The van der Waals surface area contributed by atoms with Crippen LogP contribution in [0.2, 0.25) is 0 Å². The Morgan fingerprint density at radius 3 is 2.57 bits per heavy atom. The molecule has 0 heterocycles. The number of benzene rings is 2. The Kier molecular flexibility index (Phi) is 5.35. The van der Waals surface area contributed by atoms with E-state index in [4.69, 9.17) is 9.57 Å². The number of aryl methyl sites for hydroxylation is 1. The summed E-state index contributed by atoms with van der Waals surface area (Å²) >= 11 is 0. The molecule has 0 aliphatic rings. The Morgan fingerprint density at radius 1 is 1.05 bits per heavy atom. The molecule has 4 heteroatoms. The minimum absolute atomic E-state index is 0.0704. The second-order valence-electron chi connectivity index (χ2n) is 4.79. The molecule has 4 nitrogen and oxygen atoms in total. The topological polar surface area (TPSA) is 47.6 Å². The lowest BCUT2D eigenvalue weighted by atomic mass is 10.1. The number of rotatable bonds is 6. The van der Waals surface area contributed by atoms with E-state index >= 15 is 0 Å². The van der Waals surface area contributed by atoms with Crippen molar-refractivity contribution in [2.24, 2.45) is 0 Å². The number of nitrogens with one attached hydrogen (secondary N) is 1. The summed E-state index contributed by atoms with van der Waals surface area (Å²) in [6.45, 7) is 4.23. The molecule has 0 aliphatic heterocycles. The third-order valence-electron chi connectivity index (χ3n) is 3.18. The summed E-state index contributed by atoms with van der Waals surface area (Å²) in [4.78, 5) is 16.8. The maximum absolute atomic E-state index is 11.6. The summed E-state index contributed by atoms with van der Waals surface area (Å²) < 4.78 is 5.49. The van der Waals surface area contributed by atoms with Crippen LogP contribution in [-0.2, 0) is 16.2 Å². The predicted molar refractivity (Wildman–Crippen MR) is 80.8 cm³/mol. The van der Waals surface area contributed by atoms with E-state index in [9.17, 15) is 4.79 Å². The number of carbonyl (C=O) groups is 1. The summed E-state index contributed by atoms with van der Waals surface area (Å²) in [5, 5.41) is 0. The molecule has 21 heavy (non-hydrogen) atoms. The Balaban J connectivity index is 1.74. The van der Waals surface area contributed by atoms with Crippen molar-refractivity contribution in [2.75, 3.05) is 6.61 Å². The van der Waals surface area contributed by atoms with Gasteiger partial charge in [0.05, 0.1) is 6.61 Å². The number of carbonyl (C=O) groups excluding carboxylic acids is 1. The monoisotopic (exact) mass is 285 g/mol. The Morgan fingerprint density at radius 2 is 1.81 bits per heavy atom. The summed E-state index contributed by atoms with van der Waals surface area (Å²) in [7, 11) is 0. The van der Waals surface area contributed by atoms with Gasteiger partial charge in [0.15, 0.2) is 6.61 Å². The Hall–Kier alpha value is -2.33. The van der Waals surface area contributed by atoms with Crippen LogP contribution < -0.4 is 10.2 Å². The summed E-state index contributed by atoms with van der Waals surface area (Å²) in [6, 6.07) is 15.4. The normalized spacial score (nSPS) is 10.2. The van der Waals surface area contributed by atoms with Crippen LogP contribution >= 0.6 is 0 Å². The highest BCUT2D eigenvalue weighted by atomic mass is 16.7. The number of hydrogen-bond acceptors (Lipinski definition) is 3. The molecule has 1 amide bonds. The van der Waals surface area contributed by atoms with Crippen molar-refractivity contribution in [1.82, 2.24) is 5.48 Å². The number of hydrogen-bond donors (Lipinski definition) is 1. The zero-order valence-corrected chi connectivity index (χ0v) is 12.3. The van der Waals surface area contributed by atoms with Crippen molar-refractivity contribution < 1.29 is 14.4 Å². The lowest BCUT2D eigenvalue weighted by Gasteiger charge is -2.11. The fourth-order valence-corrected chi connectivity index (χ4v) is 1.83. The van der Waals surface area contributed by atoms with Gasteiger partial charge in [0.2, 0.25) is 0 Å². The third-order valence-corrected chi connectivity index (χ3v) is 3.18. The van der Waals surface area contributed by atoms with Gasteiger partial charge in [-0.25, -0.2) is 5.48 Å². The maximum atomic E-state index is 11.6. The molecular weight excluding hydrogens is 266 g/mol. The predicted octanol–water partition coefficient (Wildman–Crippen LogP) is 2.93. The smallest absolute Gasteiger partial charge is 0.281 e. The molecule has 0 saturated heterocycles. The van der Waals surface area contributed by atoms with Crippen LogP contribution in [0.1, 0.15) is 16.7 Å². The average molecular weight is 285 g/mol. The van der Waals surface area contributed by atoms with Gasteiger partial charge in [-0.3, -0.25) is 9.63 Å². The largest absolute Gasteiger partial charge is 0.483 e. The standard InChI is InChI=1S/C17H19NO3/c1-13-7-6-10-16(14(13)2)20-12-17(19)18-21-11-15-8-4-3-5-9-15/h3-10H,11-12H2,1-2H3,(H,18,19). The lowest BCUT2D eigenvalue weighted by Crippen LogP contribution is -2.29. The SMILES string of the molecule is Cc1cccc(OCC(=O)NOCc2ccccc2)c1C. The molecule has 0 radical (unpaired) electrons. The first-order valence-corrected chi connectivity index (χ1v) is 6.80. The van der Waals surface area contributed by atoms with Crippen molar-refractivity contribution in [1.29, 1.82) is 0 Å². The molecule has 0 aromatic heterocycles. The van der Waals surface area contributed by atoms with Gasteiger partial charge >= 0.3 is 0 Å². The van der Waals surface area contributed by atoms with Gasteiger partial charge in [-0.15, -0.1) is 0 Å². The van der Waals surface area contributed by atoms with Gasteiger partial charge in [0.1, 0.15) is 5.75 Å². The first-order chi connectivity index (χ1) is 10.2. The highest BCUT2D eigenvalue weighted by molar-refractivity contribution is 5.76. The van der Waals surface area contributed by atoms with Crippen LogP contribution in [0.5, 0.6) is 5.75 Å². The zero-order chi connectivity index (χ0) is 15.1. The lowest BCUT2D eigenvalue weighted by molar-refractivity contribution is -0.136. The fourth-order valence-electron chi connectivity index (χ4n) is 1.83. The summed E-state index contributed by atoms with van der Waals surface area (Å²) in [6.07, 6.45) is 0. The molecule has 0 fully saturated rings. The maximum Gasteiger partial charge on any atom is 0.281 e. The van der Waals surface area contributed by atoms with E-state index in [1.807, 2.05) is 62.4 Å². The van der Waals surface area contributed by atoms with Crippen LogP contribution in [0, 0.1) is 13.8 Å². The van der Waals surface area contributed by atoms with Crippen LogP contribution in [0.3, 0.4) is 0 Å². The number of ether oxygens (including phenoxy) is 1. The Bertz CT molecular complexity index is 596. The molecule has 0 atom stereocenters. The van der Waals surface area contributed by atoms with Crippen molar-refractivity contribution >= 4 is 5.91 Å². The second kappa shape index (κ2) is 7.45. The summed E-state index contributed by atoms with van der Waals surface area (Å²) in [5.74, 6) is 0.403. The molecule has 0 aliphatic carbocycles. The van der Waals surface area contributed by atoms with Crippen molar-refractivity contribution in [3.63, 3.8) is 0 Å². The molecule has 0 unspecified atom stereocenters. The molecular formula is C17H19NO3. The van der Waals surface area contributed by atoms with Gasteiger partial charge in [-0.05, 0) is 36.6 Å². The molecule has 2 aromatic carbocycles. The van der Waals surface area contributed by atoms with Gasteiger partial charge in [-0.1, -0.05) is 42.5 Å². The van der Waals surface area contributed by atoms with Crippen LogP contribution in [-0.4, -0.2) is 12.5 Å². The molecule has 2 rings (SSSR count). The van der Waals surface area contributed by atoms with Crippen LogP contribution in [0.15, 0.2) is 48.5 Å². The number of hydroxylamine groups is 1. The third kappa shape index (κ3) is 4.61. The van der Waals surface area contributed by atoms with E-state index in [0.29, 0.717) is 12.4 Å². The van der Waals surface area contributed by atoms with Gasteiger partial charge in [-0.2, -0.15) is 0 Å². The van der Waals surface area contributed by atoms with Gasteiger partial charge in [0, 0.05) is 0 Å². The Labute approximate surface area is 124 Å². The van der Waals surface area contributed by atoms with E-state index in [2.05, 4.69) is 5.48 Å². The van der Waals surface area contributed by atoms with E-state index in [0.717, 1.165) is 16.7 Å². The summed E-state index contributed by atoms with van der Waals surface area (Å²) in [5.41, 5.74) is 5.54. The van der Waals surface area contributed by atoms with E-state index < -0.39 is 0 Å². The minimum atomic E-state index is -0.313. The van der Waals surface area contributed by atoms with E-state index in [-0.39, 0.29) is 12.5 Å². The van der Waals surface area contributed by atoms with E-state index in [1.165, 1.54) is 0 Å².